The molecule has 0 amide bonds. The van der Waals surface area contributed by atoms with Crippen molar-refractivity contribution in [1.82, 2.24) is 0 Å². The topological polar surface area (TPSA) is 237 Å². The monoisotopic (exact) mass is 1340 g/mol. The molecule has 0 rings (SSSR count). The summed E-state index contributed by atoms with van der Waals surface area (Å²) in [5.74, 6) is 0.118. The molecule has 0 aromatic rings. The van der Waals surface area contributed by atoms with Crippen LogP contribution in [0.25, 0.3) is 0 Å². The first-order chi connectivity index (χ1) is 43.8. The molecule has 19 heteroatoms. The number of aliphatic hydroxyl groups excluding tert-OH is 1. The molecule has 0 aliphatic heterocycles. The highest BCUT2D eigenvalue weighted by atomic mass is 31.2. The molecule has 6 atom stereocenters. The van der Waals surface area contributed by atoms with Gasteiger partial charge in [0.1, 0.15) is 19.3 Å². The van der Waals surface area contributed by atoms with Gasteiger partial charge in [-0.25, -0.2) is 9.13 Å². The zero-order valence-electron chi connectivity index (χ0n) is 59.3. The van der Waals surface area contributed by atoms with E-state index >= 15 is 0 Å². The minimum Gasteiger partial charge on any atom is -0.462 e. The molecule has 0 bridgehead atoms. The van der Waals surface area contributed by atoms with Crippen molar-refractivity contribution >= 4 is 39.5 Å². The number of rotatable bonds is 70. The number of unbranched alkanes of at least 4 members (excludes halogenated alkanes) is 37. The number of hydrogen-bond acceptors (Lipinski definition) is 15. The molecule has 0 fully saturated rings. The van der Waals surface area contributed by atoms with Crippen LogP contribution in [0.1, 0.15) is 363 Å². The lowest BCUT2D eigenvalue weighted by molar-refractivity contribution is -0.161. The van der Waals surface area contributed by atoms with Crippen molar-refractivity contribution in [3.05, 3.63) is 0 Å². The average molecular weight is 1340 g/mol. The van der Waals surface area contributed by atoms with Crippen LogP contribution >= 0.6 is 15.6 Å². The second-order valence-electron chi connectivity index (χ2n) is 27.2. The first kappa shape index (κ1) is 89.1. The van der Waals surface area contributed by atoms with Gasteiger partial charge in [-0.05, 0) is 43.4 Å². The van der Waals surface area contributed by atoms with Crippen molar-refractivity contribution in [2.75, 3.05) is 39.6 Å². The maximum absolute atomic E-state index is 13.0. The number of ether oxygens (including phenoxy) is 4. The van der Waals surface area contributed by atoms with Crippen LogP contribution in [0.3, 0.4) is 0 Å². The molecule has 0 aromatic carbocycles. The van der Waals surface area contributed by atoms with E-state index in [1.807, 2.05) is 0 Å². The van der Waals surface area contributed by atoms with Crippen LogP contribution in [-0.4, -0.2) is 96.7 Å². The van der Waals surface area contributed by atoms with E-state index in [0.717, 1.165) is 114 Å². The predicted molar refractivity (Wildman–Crippen MR) is 368 cm³/mol. The SMILES string of the molecule is CCCCCCCCCCCCCCCCCC(=O)O[C@H](COC(=O)CCCCCCCCCCCCC(C)C)COP(=O)(O)OC[C@@H](O)COP(=O)(O)OC[C@@H](COC(=O)CCCCCCCCC(C)CC)OC(=O)CCCCCCCCCCCCC(C)C. The number of esters is 4. The normalized spacial score (nSPS) is 14.5. The fourth-order valence-electron chi connectivity index (χ4n) is 10.9. The first-order valence-corrected chi connectivity index (χ1v) is 40.4. The van der Waals surface area contributed by atoms with E-state index in [-0.39, 0.29) is 25.7 Å². The lowest BCUT2D eigenvalue weighted by Crippen LogP contribution is -2.30. The molecule has 3 N–H and O–H groups in total. The molecule has 0 spiro atoms. The van der Waals surface area contributed by atoms with Crippen LogP contribution < -0.4 is 0 Å². The van der Waals surface area contributed by atoms with Crippen LogP contribution in [-0.2, 0) is 65.4 Å². The van der Waals surface area contributed by atoms with Gasteiger partial charge in [-0.3, -0.25) is 37.3 Å². The molecule has 0 aliphatic carbocycles. The highest BCUT2D eigenvalue weighted by molar-refractivity contribution is 7.47. The summed E-state index contributed by atoms with van der Waals surface area (Å²) < 4.78 is 68.4. The minimum atomic E-state index is -4.95. The van der Waals surface area contributed by atoms with Crippen molar-refractivity contribution in [2.24, 2.45) is 17.8 Å². The van der Waals surface area contributed by atoms with E-state index in [1.54, 1.807) is 0 Å². The fourth-order valence-corrected chi connectivity index (χ4v) is 12.4. The summed E-state index contributed by atoms with van der Waals surface area (Å²) in [5.41, 5.74) is 0. The molecule has 91 heavy (non-hydrogen) atoms. The molecular weight excluding hydrogens is 1200 g/mol. The summed E-state index contributed by atoms with van der Waals surface area (Å²) in [6.07, 6.45) is 47.1. The van der Waals surface area contributed by atoms with Crippen molar-refractivity contribution in [3.63, 3.8) is 0 Å². The quantitative estimate of drug-likeness (QED) is 0.0222. The van der Waals surface area contributed by atoms with Gasteiger partial charge in [-0.15, -0.1) is 0 Å². The Bertz CT molecular complexity index is 1790. The Kier molecular flexibility index (Phi) is 61.5. The number of aliphatic hydroxyl groups is 1. The second-order valence-corrected chi connectivity index (χ2v) is 30.1. The van der Waals surface area contributed by atoms with Gasteiger partial charge in [0.15, 0.2) is 12.2 Å². The van der Waals surface area contributed by atoms with Gasteiger partial charge in [0, 0.05) is 25.7 Å². The van der Waals surface area contributed by atoms with Gasteiger partial charge >= 0.3 is 39.5 Å². The Hall–Kier alpha value is -1.94. The third kappa shape index (κ3) is 65.1. The summed E-state index contributed by atoms with van der Waals surface area (Å²) in [6.45, 7) is 11.8. The highest BCUT2D eigenvalue weighted by Crippen LogP contribution is 2.45. The molecule has 3 unspecified atom stereocenters. The zero-order valence-corrected chi connectivity index (χ0v) is 61.1. The van der Waals surface area contributed by atoms with E-state index < -0.39 is 97.5 Å². The van der Waals surface area contributed by atoms with Gasteiger partial charge in [0.05, 0.1) is 26.4 Å². The molecule has 0 aliphatic rings. The van der Waals surface area contributed by atoms with E-state index in [2.05, 4.69) is 48.5 Å². The summed E-state index contributed by atoms with van der Waals surface area (Å²) in [4.78, 5) is 72.6. The Balaban J connectivity index is 5.26. The largest absolute Gasteiger partial charge is 0.472 e. The molecule has 0 radical (unpaired) electrons. The summed E-state index contributed by atoms with van der Waals surface area (Å²) in [6, 6.07) is 0. The van der Waals surface area contributed by atoms with E-state index in [9.17, 15) is 43.2 Å². The lowest BCUT2D eigenvalue weighted by Gasteiger charge is -2.21. The number of hydrogen-bond donors (Lipinski definition) is 3. The van der Waals surface area contributed by atoms with Gasteiger partial charge in [-0.2, -0.15) is 0 Å². The van der Waals surface area contributed by atoms with Crippen LogP contribution in [0.5, 0.6) is 0 Å². The third-order valence-corrected chi connectivity index (χ3v) is 18.9. The number of carbonyl (C=O) groups is 4. The smallest absolute Gasteiger partial charge is 0.462 e. The molecule has 17 nitrogen and oxygen atoms in total. The zero-order chi connectivity index (χ0) is 67.3. The Morgan fingerprint density at radius 2 is 0.560 bits per heavy atom. The van der Waals surface area contributed by atoms with Crippen LogP contribution in [0.15, 0.2) is 0 Å². The molecule has 0 heterocycles. The highest BCUT2D eigenvalue weighted by Gasteiger charge is 2.30. The number of carbonyl (C=O) groups excluding carboxylic acids is 4. The molecule has 0 saturated carbocycles. The van der Waals surface area contributed by atoms with Crippen molar-refractivity contribution in [1.29, 1.82) is 0 Å². The predicted octanol–water partition coefficient (Wildman–Crippen LogP) is 20.6. The Labute approximate surface area is 556 Å². The van der Waals surface area contributed by atoms with Gasteiger partial charge in [-0.1, -0.05) is 312 Å². The minimum absolute atomic E-state index is 0.105. The molecule has 540 valence electrons. The summed E-state index contributed by atoms with van der Waals surface area (Å²) in [5, 5.41) is 10.6. The van der Waals surface area contributed by atoms with Crippen LogP contribution in [0.2, 0.25) is 0 Å². The van der Waals surface area contributed by atoms with Gasteiger partial charge < -0.3 is 33.8 Å². The van der Waals surface area contributed by atoms with Crippen molar-refractivity contribution < 1.29 is 80.2 Å². The molecular formula is C72H140O17P2. The number of phosphoric acid groups is 2. The van der Waals surface area contributed by atoms with E-state index in [4.69, 9.17) is 37.0 Å². The van der Waals surface area contributed by atoms with Crippen molar-refractivity contribution in [2.45, 2.75) is 381 Å². The van der Waals surface area contributed by atoms with Crippen molar-refractivity contribution in [3.8, 4) is 0 Å². The lowest BCUT2D eigenvalue weighted by atomic mass is 10.00. The molecule has 0 aromatic heterocycles. The Morgan fingerprint density at radius 1 is 0.319 bits per heavy atom. The van der Waals surface area contributed by atoms with Gasteiger partial charge in [0.25, 0.3) is 0 Å². The van der Waals surface area contributed by atoms with E-state index in [1.165, 1.54) is 167 Å². The van der Waals surface area contributed by atoms with Gasteiger partial charge in [0.2, 0.25) is 0 Å². The third-order valence-electron chi connectivity index (χ3n) is 17.0. The van der Waals surface area contributed by atoms with E-state index in [0.29, 0.717) is 25.7 Å². The first-order valence-electron chi connectivity index (χ1n) is 37.4. The standard InChI is InChI=1S/C72H140O17P2/c1-8-10-11-12-13-14-15-16-17-18-19-27-32-41-48-55-71(76)88-67(59-82-69(74)53-46-39-31-26-22-20-24-29-36-43-50-63(3)4)61-86-90(78,79)84-57-66(73)58-85-91(80,81)87-62-68(60-83-70(75)54-47-40-35-34-38-45-52-65(7)9-2)89-72(77)56-49-42-33-28-23-21-25-30-37-44-51-64(5)6/h63-68,73H,8-62H2,1-7H3,(H,78,79)(H,80,81)/t65?,66-,67-,68-/m1/s1. The summed E-state index contributed by atoms with van der Waals surface area (Å²) in [7, 11) is -9.91. The summed E-state index contributed by atoms with van der Waals surface area (Å²) >= 11 is 0. The Morgan fingerprint density at radius 3 is 0.835 bits per heavy atom. The fraction of sp³-hybridized carbons (Fsp3) is 0.944. The van der Waals surface area contributed by atoms with Crippen LogP contribution in [0, 0.1) is 17.8 Å². The number of phosphoric ester groups is 2. The maximum atomic E-state index is 13.0. The van der Waals surface area contributed by atoms with Crippen LogP contribution in [0.4, 0.5) is 0 Å². The average Bonchev–Trinajstić information content (AvgIpc) is 3.38. The maximum Gasteiger partial charge on any atom is 0.472 e. The molecule has 0 saturated heterocycles. The second kappa shape index (κ2) is 62.8.